The Bertz CT molecular complexity index is 279. The molecule has 1 saturated carbocycles. The van der Waals surface area contributed by atoms with Gasteiger partial charge in [0.1, 0.15) is 0 Å². The van der Waals surface area contributed by atoms with Gasteiger partial charge in [-0.2, -0.15) is 0 Å². The molecule has 2 rings (SSSR count). The molecule has 1 amide bonds. The van der Waals surface area contributed by atoms with Crippen molar-refractivity contribution < 1.29 is 4.79 Å². The Kier molecular flexibility index (Phi) is 4.08. The van der Waals surface area contributed by atoms with Crippen LogP contribution < -0.4 is 5.73 Å². The zero-order valence-corrected chi connectivity index (χ0v) is 11.2. The molecule has 17 heavy (non-hydrogen) atoms. The second-order valence-electron chi connectivity index (χ2n) is 5.95. The predicted molar refractivity (Wildman–Crippen MR) is 69.5 cm³/mol. The largest absolute Gasteiger partial charge is 0.342 e. The van der Waals surface area contributed by atoms with E-state index in [-0.39, 0.29) is 5.92 Å². The molecule has 1 saturated heterocycles. The van der Waals surface area contributed by atoms with Crippen molar-refractivity contribution in [2.24, 2.45) is 23.5 Å². The lowest BCUT2D eigenvalue weighted by Crippen LogP contribution is -2.39. The minimum Gasteiger partial charge on any atom is -0.342 e. The van der Waals surface area contributed by atoms with Gasteiger partial charge in [-0.15, -0.1) is 0 Å². The van der Waals surface area contributed by atoms with Gasteiger partial charge in [-0.05, 0) is 31.1 Å². The number of carbonyl (C=O) groups is 1. The lowest BCUT2D eigenvalue weighted by atomic mass is 9.78. The molecule has 2 aliphatic rings. The van der Waals surface area contributed by atoms with E-state index in [2.05, 4.69) is 18.7 Å². The number of carbonyl (C=O) groups excluding carboxylic acids is 1. The standard InChI is InChI=1S/C14H26N2O/c1-3-5-10(2)14(17)16-8-11-6-4-7-13(15)12(11)9-16/h10-13H,3-9,15H2,1-2H3. The number of nitrogens with two attached hydrogens (primary N) is 1. The van der Waals surface area contributed by atoms with Crippen molar-refractivity contribution >= 4 is 5.91 Å². The summed E-state index contributed by atoms with van der Waals surface area (Å²) in [6.07, 6.45) is 5.76. The van der Waals surface area contributed by atoms with E-state index in [1.165, 1.54) is 12.8 Å². The summed E-state index contributed by atoms with van der Waals surface area (Å²) in [7, 11) is 0. The zero-order chi connectivity index (χ0) is 12.4. The molecule has 2 fully saturated rings. The molecule has 2 N–H and O–H groups in total. The topological polar surface area (TPSA) is 46.3 Å². The van der Waals surface area contributed by atoms with E-state index in [9.17, 15) is 4.79 Å². The van der Waals surface area contributed by atoms with Crippen molar-refractivity contribution in [3.05, 3.63) is 0 Å². The Morgan fingerprint density at radius 2 is 2.18 bits per heavy atom. The van der Waals surface area contributed by atoms with Crippen molar-refractivity contribution in [3.8, 4) is 0 Å². The van der Waals surface area contributed by atoms with E-state index in [1.807, 2.05) is 0 Å². The van der Waals surface area contributed by atoms with Crippen molar-refractivity contribution in [2.75, 3.05) is 13.1 Å². The number of hydrogen-bond donors (Lipinski definition) is 1. The Labute approximate surface area is 105 Å². The molecule has 0 radical (unpaired) electrons. The Morgan fingerprint density at radius 1 is 1.41 bits per heavy atom. The molecule has 1 aliphatic carbocycles. The maximum atomic E-state index is 12.3. The summed E-state index contributed by atoms with van der Waals surface area (Å²) in [6.45, 7) is 6.08. The monoisotopic (exact) mass is 238 g/mol. The third-order valence-corrected chi connectivity index (χ3v) is 4.61. The summed E-state index contributed by atoms with van der Waals surface area (Å²) in [5, 5.41) is 0. The minimum atomic E-state index is 0.191. The molecule has 98 valence electrons. The van der Waals surface area contributed by atoms with Crippen molar-refractivity contribution in [1.29, 1.82) is 0 Å². The van der Waals surface area contributed by atoms with Crippen LogP contribution in [-0.4, -0.2) is 29.9 Å². The highest BCUT2D eigenvalue weighted by Crippen LogP contribution is 2.36. The van der Waals surface area contributed by atoms with Gasteiger partial charge in [0.25, 0.3) is 0 Å². The van der Waals surface area contributed by atoms with Gasteiger partial charge in [-0.25, -0.2) is 0 Å². The van der Waals surface area contributed by atoms with Gasteiger partial charge >= 0.3 is 0 Å². The maximum absolute atomic E-state index is 12.3. The van der Waals surface area contributed by atoms with Gasteiger partial charge in [0, 0.05) is 25.0 Å². The van der Waals surface area contributed by atoms with Gasteiger partial charge in [0.15, 0.2) is 0 Å². The molecule has 4 unspecified atom stereocenters. The van der Waals surface area contributed by atoms with Gasteiger partial charge in [0.05, 0.1) is 0 Å². The van der Waals surface area contributed by atoms with Crippen LogP contribution in [0.15, 0.2) is 0 Å². The average molecular weight is 238 g/mol. The number of hydrogen-bond acceptors (Lipinski definition) is 2. The number of amides is 1. The lowest BCUT2D eigenvalue weighted by Gasteiger charge is -2.29. The molecular weight excluding hydrogens is 212 g/mol. The first-order valence-corrected chi connectivity index (χ1v) is 7.17. The Morgan fingerprint density at radius 3 is 2.82 bits per heavy atom. The number of rotatable bonds is 3. The fraction of sp³-hybridized carbons (Fsp3) is 0.929. The van der Waals surface area contributed by atoms with Crippen molar-refractivity contribution in [3.63, 3.8) is 0 Å². The van der Waals surface area contributed by atoms with Crippen LogP contribution in [-0.2, 0) is 4.79 Å². The first-order valence-electron chi connectivity index (χ1n) is 7.17. The van der Waals surface area contributed by atoms with Crippen LogP contribution in [0.2, 0.25) is 0 Å². The minimum absolute atomic E-state index is 0.191. The summed E-state index contributed by atoms with van der Waals surface area (Å²) in [5.74, 6) is 1.79. The summed E-state index contributed by atoms with van der Waals surface area (Å²) in [5.41, 5.74) is 6.18. The molecule has 3 nitrogen and oxygen atoms in total. The van der Waals surface area contributed by atoms with E-state index in [0.717, 1.165) is 32.4 Å². The number of nitrogens with zero attached hydrogens (tertiary/aromatic N) is 1. The molecule has 0 aromatic rings. The third-order valence-electron chi connectivity index (χ3n) is 4.61. The molecule has 0 aromatic heterocycles. The van der Waals surface area contributed by atoms with Crippen LogP contribution in [0, 0.1) is 17.8 Å². The van der Waals surface area contributed by atoms with Gasteiger partial charge in [-0.1, -0.05) is 26.7 Å². The van der Waals surface area contributed by atoms with Crippen LogP contribution in [0.1, 0.15) is 46.0 Å². The fourth-order valence-corrected chi connectivity index (χ4v) is 3.56. The van der Waals surface area contributed by atoms with Crippen molar-refractivity contribution in [1.82, 2.24) is 4.90 Å². The van der Waals surface area contributed by atoms with E-state index in [1.54, 1.807) is 0 Å². The second kappa shape index (κ2) is 5.38. The molecule has 1 aliphatic heterocycles. The highest BCUT2D eigenvalue weighted by Gasteiger charge is 2.40. The molecule has 3 heteroatoms. The third kappa shape index (κ3) is 2.65. The zero-order valence-electron chi connectivity index (χ0n) is 11.2. The van der Waals surface area contributed by atoms with E-state index in [4.69, 9.17) is 5.73 Å². The summed E-state index contributed by atoms with van der Waals surface area (Å²) in [6, 6.07) is 0.327. The van der Waals surface area contributed by atoms with E-state index >= 15 is 0 Å². The van der Waals surface area contributed by atoms with Crippen molar-refractivity contribution in [2.45, 2.75) is 52.0 Å². The molecule has 0 aromatic carbocycles. The van der Waals surface area contributed by atoms with Gasteiger partial charge < -0.3 is 10.6 Å². The molecule has 0 bridgehead atoms. The Hall–Kier alpha value is -0.570. The predicted octanol–water partition coefficient (Wildman–Crippen LogP) is 2.01. The normalized spacial score (nSPS) is 34.5. The van der Waals surface area contributed by atoms with Gasteiger partial charge in [0.2, 0.25) is 5.91 Å². The van der Waals surface area contributed by atoms with E-state index in [0.29, 0.717) is 23.8 Å². The first kappa shape index (κ1) is 12.9. The highest BCUT2D eigenvalue weighted by atomic mass is 16.2. The highest BCUT2D eigenvalue weighted by molar-refractivity contribution is 5.78. The van der Waals surface area contributed by atoms with Crippen LogP contribution in [0.25, 0.3) is 0 Å². The smallest absolute Gasteiger partial charge is 0.225 e. The summed E-state index contributed by atoms with van der Waals surface area (Å²) >= 11 is 0. The number of likely N-dealkylation sites (tertiary alicyclic amines) is 1. The Balaban J connectivity index is 1.94. The SMILES string of the molecule is CCCC(C)C(=O)N1CC2CCCC(N)C2C1. The molecule has 4 atom stereocenters. The number of fused-ring (bicyclic) bond motifs is 1. The summed E-state index contributed by atoms with van der Waals surface area (Å²) in [4.78, 5) is 14.4. The van der Waals surface area contributed by atoms with Crippen LogP contribution in [0.4, 0.5) is 0 Å². The van der Waals surface area contributed by atoms with Crippen LogP contribution in [0.3, 0.4) is 0 Å². The molecule has 1 heterocycles. The van der Waals surface area contributed by atoms with E-state index < -0.39 is 0 Å². The van der Waals surface area contributed by atoms with Crippen LogP contribution in [0.5, 0.6) is 0 Å². The second-order valence-corrected chi connectivity index (χ2v) is 5.95. The quantitative estimate of drug-likeness (QED) is 0.817. The fourth-order valence-electron chi connectivity index (χ4n) is 3.56. The molecular formula is C14H26N2O. The summed E-state index contributed by atoms with van der Waals surface area (Å²) < 4.78 is 0. The lowest BCUT2D eigenvalue weighted by molar-refractivity contribution is -0.134. The molecule has 0 spiro atoms. The van der Waals surface area contributed by atoms with Crippen LogP contribution >= 0.6 is 0 Å². The average Bonchev–Trinajstić information content (AvgIpc) is 2.73. The first-order chi connectivity index (χ1) is 8.13. The maximum Gasteiger partial charge on any atom is 0.225 e. The van der Waals surface area contributed by atoms with Gasteiger partial charge in [-0.3, -0.25) is 4.79 Å².